The molecule has 0 aliphatic rings. The fourth-order valence-electron chi connectivity index (χ4n) is 2.43. The summed E-state index contributed by atoms with van der Waals surface area (Å²) in [7, 11) is 0. The molecule has 7 heteroatoms. The molecule has 0 aliphatic carbocycles. The van der Waals surface area contributed by atoms with Crippen LogP contribution in [0.5, 0.6) is 0 Å². The number of amides is 2. The van der Waals surface area contributed by atoms with E-state index in [0.717, 1.165) is 11.1 Å². The highest BCUT2D eigenvalue weighted by Gasteiger charge is 2.13. The van der Waals surface area contributed by atoms with Gasteiger partial charge < -0.3 is 0 Å². The van der Waals surface area contributed by atoms with Crippen molar-refractivity contribution in [1.82, 2.24) is 20.4 Å². The van der Waals surface area contributed by atoms with Gasteiger partial charge in [0.25, 0.3) is 11.8 Å². The number of hydrogen-bond donors (Lipinski definition) is 2. The quantitative estimate of drug-likeness (QED) is 0.552. The third-order valence-corrected chi connectivity index (χ3v) is 3.88. The van der Waals surface area contributed by atoms with Crippen molar-refractivity contribution in [2.75, 3.05) is 0 Å². The van der Waals surface area contributed by atoms with Crippen LogP contribution < -0.4 is 10.9 Å². The zero-order valence-electron chi connectivity index (χ0n) is 14.5. The van der Waals surface area contributed by atoms with Crippen LogP contribution in [0.15, 0.2) is 67.1 Å². The van der Waals surface area contributed by atoms with Crippen molar-refractivity contribution in [1.29, 1.82) is 0 Å². The maximum atomic E-state index is 13.1. The fourth-order valence-corrected chi connectivity index (χ4v) is 2.43. The molecule has 0 spiro atoms. The summed E-state index contributed by atoms with van der Waals surface area (Å²) in [5.74, 6) is -1.40. The van der Waals surface area contributed by atoms with Gasteiger partial charge >= 0.3 is 0 Å². The monoisotopic (exact) mass is 364 g/mol. The van der Waals surface area contributed by atoms with Crippen molar-refractivity contribution in [3.63, 3.8) is 0 Å². The fraction of sp³-hybridized carbons (Fsp3) is 0.0500. The SMILES string of the molecule is Cc1ccccc1/C=C/C(=O)NNC(=O)c1cncn1-c1ccc(F)cc1. The van der Waals surface area contributed by atoms with Gasteiger partial charge in [-0.25, -0.2) is 9.37 Å². The molecule has 0 saturated heterocycles. The largest absolute Gasteiger partial charge is 0.295 e. The molecule has 0 fully saturated rings. The van der Waals surface area contributed by atoms with Crippen LogP contribution in [0.2, 0.25) is 0 Å². The zero-order chi connectivity index (χ0) is 19.2. The van der Waals surface area contributed by atoms with Gasteiger partial charge in [0.2, 0.25) is 0 Å². The van der Waals surface area contributed by atoms with Crippen LogP contribution in [0.3, 0.4) is 0 Å². The lowest BCUT2D eigenvalue weighted by molar-refractivity contribution is -0.117. The van der Waals surface area contributed by atoms with Crippen LogP contribution in [0.1, 0.15) is 21.6 Å². The molecule has 2 aromatic carbocycles. The van der Waals surface area contributed by atoms with Crippen molar-refractivity contribution in [3.8, 4) is 5.69 Å². The van der Waals surface area contributed by atoms with Crippen LogP contribution in [0.4, 0.5) is 4.39 Å². The minimum Gasteiger partial charge on any atom is -0.295 e. The average molecular weight is 364 g/mol. The molecule has 136 valence electrons. The van der Waals surface area contributed by atoms with Crippen LogP contribution in [0.25, 0.3) is 11.8 Å². The van der Waals surface area contributed by atoms with E-state index < -0.39 is 11.8 Å². The van der Waals surface area contributed by atoms with E-state index in [2.05, 4.69) is 15.8 Å². The van der Waals surface area contributed by atoms with Gasteiger partial charge in [-0.2, -0.15) is 0 Å². The number of aryl methyl sites for hydroxylation is 1. The number of nitrogens with zero attached hydrogens (tertiary/aromatic N) is 2. The van der Waals surface area contributed by atoms with Gasteiger partial charge in [0.1, 0.15) is 11.5 Å². The summed E-state index contributed by atoms with van der Waals surface area (Å²) in [5, 5.41) is 0. The summed E-state index contributed by atoms with van der Waals surface area (Å²) in [5.41, 5.74) is 7.37. The summed E-state index contributed by atoms with van der Waals surface area (Å²) in [6.07, 6.45) is 5.79. The Labute approximate surface area is 155 Å². The topological polar surface area (TPSA) is 76.0 Å². The molecule has 0 atom stereocenters. The van der Waals surface area contributed by atoms with Gasteiger partial charge in [0.05, 0.1) is 12.5 Å². The van der Waals surface area contributed by atoms with E-state index in [1.165, 1.54) is 47.4 Å². The molecule has 0 unspecified atom stereocenters. The van der Waals surface area contributed by atoms with E-state index in [4.69, 9.17) is 0 Å². The molecule has 0 bridgehead atoms. The number of imidazole rings is 1. The van der Waals surface area contributed by atoms with Gasteiger partial charge in [0, 0.05) is 11.8 Å². The van der Waals surface area contributed by atoms with Crippen LogP contribution in [-0.2, 0) is 4.79 Å². The van der Waals surface area contributed by atoms with Gasteiger partial charge in [0.15, 0.2) is 0 Å². The second kappa shape index (κ2) is 8.09. The zero-order valence-corrected chi connectivity index (χ0v) is 14.5. The maximum Gasteiger partial charge on any atom is 0.288 e. The second-order valence-electron chi connectivity index (χ2n) is 5.76. The van der Waals surface area contributed by atoms with Crippen LogP contribution in [0, 0.1) is 12.7 Å². The smallest absolute Gasteiger partial charge is 0.288 e. The molecule has 3 aromatic rings. The van der Waals surface area contributed by atoms with Crippen molar-refractivity contribution < 1.29 is 14.0 Å². The summed E-state index contributed by atoms with van der Waals surface area (Å²) < 4.78 is 14.5. The van der Waals surface area contributed by atoms with E-state index in [9.17, 15) is 14.0 Å². The van der Waals surface area contributed by atoms with Crippen molar-refractivity contribution in [3.05, 3.63) is 89.8 Å². The number of rotatable bonds is 4. The Hall–Kier alpha value is -3.74. The molecule has 0 radical (unpaired) electrons. The highest BCUT2D eigenvalue weighted by Crippen LogP contribution is 2.12. The van der Waals surface area contributed by atoms with Crippen LogP contribution in [-0.4, -0.2) is 21.4 Å². The lowest BCUT2D eigenvalue weighted by Gasteiger charge is -2.09. The minimum absolute atomic E-state index is 0.199. The maximum absolute atomic E-state index is 13.1. The Morgan fingerprint density at radius 3 is 2.56 bits per heavy atom. The minimum atomic E-state index is -0.547. The molecular weight excluding hydrogens is 347 g/mol. The lowest BCUT2D eigenvalue weighted by atomic mass is 10.1. The van der Waals surface area contributed by atoms with Crippen LogP contribution >= 0.6 is 0 Å². The lowest BCUT2D eigenvalue weighted by Crippen LogP contribution is -2.41. The van der Waals surface area contributed by atoms with Gasteiger partial charge in [-0.05, 0) is 48.4 Å². The number of carbonyl (C=O) groups excluding carboxylic acids is 2. The first-order valence-electron chi connectivity index (χ1n) is 8.17. The Balaban J connectivity index is 1.63. The van der Waals surface area contributed by atoms with Gasteiger partial charge in [-0.15, -0.1) is 0 Å². The molecule has 2 amide bonds. The number of halogens is 1. The predicted octanol–water partition coefficient (Wildman–Crippen LogP) is 2.79. The number of nitrogens with one attached hydrogen (secondary N) is 2. The highest BCUT2D eigenvalue weighted by molar-refractivity contribution is 5.97. The molecule has 0 aliphatic heterocycles. The number of benzene rings is 2. The summed E-state index contributed by atoms with van der Waals surface area (Å²) in [6, 6.07) is 13.2. The second-order valence-corrected chi connectivity index (χ2v) is 5.76. The highest BCUT2D eigenvalue weighted by atomic mass is 19.1. The van der Waals surface area contributed by atoms with Crippen molar-refractivity contribution in [2.24, 2.45) is 0 Å². The van der Waals surface area contributed by atoms with Gasteiger partial charge in [-0.3, -0.25) is 25.0 Å². The molecule has 1 heterocycles. The standard InChI is InChI=1S/C20H17FN4O2/c1-14-4-2-3-5-15(14)6-11-19(26)23-24-20(27)18-12-22-13-25(18)17-9-7-16(21)8-10-17/h2-13H,1H3,(H,23,26)(H,24,27)/b11-6+. The Morgan fingerprint density at radius 1 is 1.07 bits per heavy atom. The summed E-state index contributed by atoms with van der Waals surface area (Å²) >= 11 is 0. The first-order valence-corrected chi connectivity index (χ1v) is 8.17. The molecule has 3 rings (SSSR count). The normalized spacial score (nSPS) is 10.7. The molecule has 27 heavy (non-hydrogen) atoms. The van der Waals surface area contributed by atoms with Crippen molar-refractivity contribution in [2.45, 2.75) is 6.92 Å². The molecule has 6 nitrogen and oxygen atoms in total. The third-order valence-electron chi connectivity index (χ3n) is 3.88. The molecule has 0 saturated carbocycles. The van der Waals surface area contributed by atoms with E-state index in [-0.39, 0.29) is 11.5 Å². The summed E-state index contributed by atoms with van der Waals surface area (Å²) in [4.78, 5) is 28.2. The Morgan fingerprint density at radius 2 is 1.81 bits per heavy atom. The third kappa shape index (κ3) is 4.46. The van der Waals surface area contributed by atoms with E-state index in [1.807, 2.05) is 31.2 Å². The first-order chi connectivity index (χ1) is 13.0. The Kier molecular flexibility index (Phi) is 5.41. The Bertz CT molecular complexity index is 993. The summed E-state index contributed by atoms with van der Waals surface area (Å²) in [6.45, 7) is 1.94. The average Bonchev–Trinajstić information content (AvgIpc) is 3.16. The first kappa shape index (κ1) is 18.1. The number of hydrazine groups is 1. The van der Waals surface area contributed by atoms with E-state index >= 15 is 0 Å². The van der Waals surface area contributed by atoms with Gasteiger partial charge in [-0.1, -0.05) is 24.3 Å². The van der Waals surface area contributed by atoms with E-state index in [0.29, 0.717) is 5.69 Å². The van der Waals surface area contributed by atoms with E-state index in [1.54, 1.807) is 6.08 Å². The predicted molar refractivity (Wildman–Crippen MR) is 99.3 cm³/mol. The molecular formula is C20H17FN4O2. The molecule has 1 aromatic heterocycles. The number of aromatic nitrogens is 2. The number of hydrogen-bond acceptors (Lipinski definition) is 3. The molecule has 2 N–H and O–H groups in total. The van der Waals surface area contributed by atoms with Crippen molar-refractivity contribution >= 4 is 17.9 Å². The number of carbonyl (C=O) groups is 2.